The molecule has 0 spiro atoms. The van der Waals surface area contributed by atoms with Gasteiger partial charge in [-0.3, -0.25) is 4.79 Å². The van der Waals surface area contributed by atoms with Crippen molar-refractivity contribution in [3.63, 3.8) is 0 Å². The van der Waals surface area contributed by atoms with Crippen LogP contribution in [0, 0.1) is 5.92 Å². The predicted molar refractivity (Wildman–Crippen MR) is 114 cm³/mol. The average molecular weight is 453 g/mol. The Bertz CT molecular complexity index is 1010. The molecule has 0 saturated carbocycles. The first-order valence-corrected chi connectivity index (χ1v) is 11.4. The fraction of sp³-hybridized carbons (Fsp3) is 0.381. The van der Waals surface area contributed by atoms with E-state index in [-0.39, 0.29) is 23.1 Å². The van der Waals surface area contributed by atoms with E-state index in [1.807, 2.05) is 18.2 Å². The highest BCUT2D eigenvalue weighted by molar-refractivity contribution is 7.89. The summed E-state index contributed by atoms with van der Waals surface area (Å²) >= 11 is 6.14. The Morgan fingerprint density at radius 1 is 1.20 bits per heavy atom. The molecule has 1 atom stereocenters. The van der Waals surface area contributed by atoms with Crippen LogP contribution in [-0.2, 0) is 21.4 Å². The lowest BCUT2D eigenvalue weighted by atomic mass is 9.99. The zero-order valence-corrected chi connectivity index (χ0v) is 18.5. The summed E-state index contributed by atoms with van der Waals surface area (Å²) in [7, 11) is -0.961. The molecule has 9 heteroatoms. The van der Waals surface area contributed by atoms with E-state index < -0.39 is 15.9 Å². The SMILES string of the molecule is COc1ccc(OC)c(S(=O)(=O)N2CCC[C@@H](C(=O)NCc3ccccc3Cl)C2)c1. The van der Waals surface area contributed by atoms with Crippen LogP contribution in [0.15, 0.2) is 47.4 Å². The van der Waals surface area contributed by atoms with Crippen LogP contribution in [-0.4, -0.2) is 45.9 Å². The Hall–Kier alpha value is -2.29. The summed E-state index contributed by atoms with van der Waals surface area (Å²) in [5.41, 5.74) is 0.814. The molecule has 7 nitrogen and oxygen atoms in total. The molecule has 0 aromatic heterocycles. The predicted octanol–water partition coefficient (Wildman–Crippen LogP) is 3.07. The zero-order valence-electron chi connectivity index (χ0n) is 16.9. The van der Waals surface area contributed by atoms with Crippen molar-refractivity contribution in [2.45, 2.75) is 24.3 Å². The fourth-order valence-corrected chi connectivity index (χ4v) is 5.36. The maximum absolute atomic E-state index is 13.3. The summed E-state index contributed by atoms with van der Waals surface area (Å²) in [6.45, 7) is 0.750. The summed E-state index contributed by atoms with van der Waals surface area (Å²) in [6.07, 6.45) is 1.21. The van der Waals surface area contributed by atoms with E-state index in [0.29, 0.717) is 36.7 Å². The van der Waals surface area contributed by atoms with Gasteiger partial charge in [0.2, 0.25) is 15.9 Å². The summed E-state index contributed by atoms with van der Waals surface area (Å²) < 4.78 is 38.3. The van der Waals surface area contributed by atoms with E-state index in [9.17, 15) is 13.2 Å². The first-order valence-electron chi connectivity index (χ1n) is 9.60. The second-order valence-electron chi connectivity index (χ2n) is 7.03. The third-order valence-electron chi connectivity index (χ3n) is 5.15. The van der Waals surface area contributed by atoms with Crippen LogP contribution in [0.4, 0.5) is 0 Å². The highest BCUT2D eigenvalue weighted by atomic mass is 35.5. The minimum atomic E-state index is -3.85. The van der Waals surface area contributed by atoms with Gasteiger partial charge in [-0.1, -0.05) is 29.8 Å². The maximum atomic E-state index is 13.3. The number of carbonyl (C=O) groups excluding carboxylic acids is 1. The molecule has 162 valence electrons. The molecule has 1 aliphatic rings. The fourth-order valence-electron chi connectivity index (χ4n) is 3.47. The Morgan fingerprint density at radius 3 is 2.67 bits per heavy atom. The smallest absolute Gasteiger partial charge is 0.246 e. The third-order valence-corrected chi connectivity index (χ3v) is 7.41. The van der Waals surface area contributed by atoms with E-state index in [1.165, 1.54) is 24.6 Å². The number of rotatable bonds is 7. The van der Waals surface area contributed by atoms with Crippen LogP contribution in [0.5, 0.6) is 11.5 Å². The Labute approximate surface area is 182 Å². The lowest BCUT2D eigenvalue weighted by Gasteiger charge is -2.31. The molecular formula is C21H25ClN2O5S. The van der Waals surface area contributed by atoms with Crippen molar-refractivity contribution < 1.29 is 22.7 Å². The van der Waals surface area contributed by atoms with Gasteiger partial charge in [0, 0.05) is 30.7 Å². The van der Waals surface area contributed by atoms with Crippen molar-refractivity contribution in [3.05, 3.63) is 53.1 Å². The molecule has 1 heterocycles. The van der Waals surface area contributed by atoms with Gasteiger partial charge in [-0.2, -0.15) is 4.31 Å². The number of nitrogens with one attached hydrogen (secondary N) is 1. The van der Waals surface area contributed by atoms with Gasteiger partial charge in [-0.25, -0.2) is 8.42 Å². The van der Waals surface area contributed by atoms with Crippen molar-refractivity contribution in [3.8, 4) is 11.5 Å². The molecule has 1 saturated heterocycles. The molecule has 1 amide bonds. The zero-order chi connectivity index (χ0) is 21.7. The Balaban J connectivity index is 1.73. The quantitative estimate of drug-likeness (QED) is 0.697. The maximum Gasteiger partial charge on any atom is 0.246 e. The van der Waals surface area contributed by atoms with E-state index in [1.54, 1.807) is 18.2 Å². The van der Waals surface area contributed by atoms with Crippen LogP contribution in [0.25, 0.3) is 0 Å². The topological polar surface area (TPSA) is 84.9 Å². The van der Waals surface area contributed by atoms with Crippen LogP contribution < -0.4 is 14.8 Å². The lowest BCUT2D eigenvalue weighted by molar-refractivity contribution is -0.126. The standard InChI is InChI=1S/C21H25ClN2O5S/c1-28-17-9-10-19(29-2)20(12-17)30(26,27)24-11-5-7-16(14-24)21(25)23-13-15-6-3-4-8-18(15)22/h3-4,6,8-10,12,16H,5,7,11,13-14H2,1-2H3,(H,23,25)/t16-/m1/s1. The molecule has 1 N–H and O–H groups in total. The van der Waals surface area contributed by atoms with Gasteiger partial charge in [-0.15, -0.1) is 0 Å². The molecule has 1 aliphatic heterocycles. The molecule has 0 bridgehead atoms. The van der Waals surface area contributed by atoms with Crippen molar-refractivity contribution in [1.82, 2.24) is 9.62 Å². The molecule has 3 rings (SSSR count). The van der Waals surface area contributed by atoms with Gasteiger partial charge in [0.25, 0.3) is 0 Å². The molecule has 1 fully saturated rings. The number of hydrogen-bond acceptors (Lipinski definition) is 5. The summed E-state index contributed by atoms with van der Waals surface area (Å²) in [5.74, 6) is 0.0292. The summed E-state index contributed by atoms with van der Waals surface area (Å²) in [6, 6.07) is 11.9. The molecule has 0 aliphatic carbocycles. The Kier molecular flexibility index (Phi) is 7.23. The molecule has 2 aromatic rings. The lowest BCUT2D eigenvalue weighted by Crippen LogP contribution is -2.45. The van der Waals surface area contributed by atoms with Crippen LogP contribution in [0.1, 0.15) is 18.4 Å². The summed E-state index contributed by atoms with van der Waals surface area (Å²) in [5, 5.41) is 3.45. The van der Waals surface area contributed by atoms with Crippen molar-refractivity contribution in [2.24, 2.45) is 5.92 Å². The van der Waals surface area contributed by atoms with Crippen LogP contribution in [0.2, 0.25) is 5.02 Å². The molecule has 2 aromatic carbocycles. The first-order chi connectivity index (χ1) is 14.4. The van der Waals surface area contributed by atoms with Crippen LogP contribution >= 0.6 is 11.6 Å². The van der Waals surface area contributed by atoms with Crippen molar-refractivity contribution in [1.29, 1.82) is 0 Å². The van der Waals surface area contributed by atoms with Gasteiger partial charge >= 0.3 is 0 Å². The van der Waals surface area contributed by atoms with Gasteiger partial charge in [0.1, 0.15) is 16.4 Å². The number of methoxy groups -OCH3 is 2. The number of nitrogens with zero attached hydrogens (tertiary/aromatic N) is 1. The monoisotopic (exact) mass is 452 g/mol. The molecular weight excluding hydrogens is 428 g/mol. The summed E-state index contributed by atoms with van der Waals surface area (Å²) in [4.78, 5) is 12.7. The minimum Gasteiger partial charge on any atom is -0.497 e. The van der Waals surface area contributed by atoms with Gasteiger partial charge in [0.15, 0.2) is 0 Å². The number of ether oxygens (including phenoxy) is 2. The van der Waals surface area contributed by atoms with Crippen molar-refractivity contribution >= 4 is 27.5 Å². The number of benzene rings is 2. The molecule has 0 unspecified atom stereocenters. The number of piperidine rings is 1. The molecule has 30 heavy (non-hydrogen) atoms. The van der Waals surface area contributed by atoms with Gasteiger partial charge in [-0.05, 0) is 36.6 Å². The number of carbonyl (C=O) groups is 1. The number of amides is 1. The van der Waals surface area contributed by atoms with E-state index in [0.717, 1.165) is 5.56 Å². The largest absolute Gasteiger partial charge is 0.497 e. The second-order valence-corrected chi connectivity index (χ2v) is 9.34. The number of sulfonamides is 1. The first kappa shape index (κ1) is 22.4. The number of halogens is 1. The third kappa shape index (κ3) is 4.88. The van der Waals surface area contributed by atoms with E-state index in [4.69, 9.17) is 21.1 Å². The normalized spacial score (nSPS) is 17.4. The highest BCUT2D eigenvalue weighted by Crippen LogP contribution is 2.32. The van der Waals surface area contributed by atoms with Crippen LogP contribution in [0.3, 0.4) is 0 Å². The second kappa shape index (κ2) is 9.68. The van der Waals surface area contributed by atoms with Gasteiger partial charge < -0.3 is 14.8 Å². The van der Waals surface area contributed by atoms with Crippen molar-refractivity contribution in [2.75, 3.05) is 27.3 Å². The van der Waals surface area contributed by atoms with E-state index in [2.05, 4.69) is 5.32 Å². The highest BCUT2D eigenvalue weighted by Gasteiger charge is 2.35. The van der Waals surface area contributed by atoms with E-state index >= 15 is 0 Å². The average Bonchev–Trinajstić information content (AvgIpc) is 2.77. The molecule has 0 radical (unpaired) electrons. The minimum absolute atomic E-state index is 0.0291. The number of hydrogen-bond donors (Lipinski definition) is 1. The van der Waals surface area contributed by atoms with Gasteiger partial charge in [0.05, 0.1) is 20.1 Å². The Morgan fingerprint density at radius 2 is 1.97 bits per heavy atom.